The molecular formula is C14H15ClF3NO. The summed E-state index contributed by atoms with van der Waals surface area (Å²) in [5.41, 5.74) is 0.672. The molecule has 6 heteroatoms. The van der Waals surface area contributed by atoms with Gasteiger partial charge in [0.25, 0.3) is 0 Å². The highest BCUT2D eigenvalue weighted by Gasteiger charge is 2.45. The minimum atomic E-state index is -4.35. The van der Waals surface area contributed by atoms with Crippen LogP contribution >= 0.6 is 11.6 Å². The number of hydrogen-bond donors (Lipinski definition) is 0. The number of amides is 1. The van der Waals surface area contributed by atoms with Crippen LogP contribution in [0.4, 0.5) is 13.2 Å². The summed E-state index contributed by atoms with van der Waals surface area (Å²) < 4.78 is 38.8. The van der Waals surface area contributed by atoms with E-state index in [0.29, 0.717) is 23.4 Å². The molecular weight excluding hydrogens is 291 g/mol. The second kappa shape index (κ2) is 6.04. The molecule has 1 aromatic rings. The number of alkyl halides is 3. The van der Waals surface area contributed by atoms with E-state index < -0.39 is 18.1 Å². The van der Waals surface area contributed by atoms with E-state index in [4.69, 9.17) is 11.6 Å². The Morgan fingerprint density at radius 2 is 1.90 bits per heavy atom. The van der Waals surface area contributed by atoms with Crippen molar-refractivity contribution in [1.82, 2.24) is 4.90 Å². The molecule has 1 aliphatic rings. The third-order valence-corrected chi connectivity index (χ3v) is 3.72. The fraction of sp³-hybridized carbons (Fsp3) is 0.500. The number of carbonyl (C=O) groups excluding carboxylic acids is 1. The molecule has 1 unspecified atom stereocenters. The lowest BCUT2D eigenvalue weighted by Gasteiger charge is -2.36. The topological polar surface area (TPSA) is 20.3 Å². The van der Waals surface area contributed by atoms with Gasteiger partial charge in [0.05, 0.1) is 6.42 Å². The highest BCUT2D eigenvalue weighted by molar-refractivity contribution is 6.30. The van der Waals surface area contributed by atoms with Gasteiger partial charge in [-0.1, -0.05) is 23.7 Å². The van der Waals surface area contributed by atoms with Crippen LogP contribution in [0.5, 0.6) is 0 Å². The third kappa shape index (κ3) is 3.66. The van der Waals surface area contributed by atoms with Crippen molar-refractivity contribution in [2.45, 2.75) is 37.9 Å². The largest absolute Gasteiger partial charge is 0.408 e. The van der Waals surface area contributed by atoms with Gasteiger partial charge in [-0.05, 0) is 37.0 Å². The van der Waals surface area contributed by atoms with Gasteiger partial charge in [-0.2, -0.15) is 13.2 Å². The van der Waals surface area contributed by atoms with Crippen LogP contribution in [0.2, 0.25) is 5.02 Å². The van der Waals surface area contributed by atoms with Crippen molar-refractivity contribution < 1.29 is 18.0 Å². The van der Waals surface area contributed by atoms with Crippen molar-refractivity contribution >= 4 is 17.5 Å². The van der Waals surface area contributed by atoms with E-state index in [0.717, 1.165) is 4.90 Å². The summed E-state index contributed by atoms with van der Waals surface area (Å²) >= 11 is 5.74. The van der Waals surface area contributed by atoms with Crippen LogP contribution in [0, 0.1) is 0 Å². The van der Waals surface area contributed by atoms with Gasteiger partial charge in [0.2, 0.25) is 5.91 Å². The predicted molar refractivity (Wildman–Crippen MR) is 70.6 cm³/mol. The summed E-state index contributed by atoms with van der Waals surface area (Å²) in [6.07, 6.45) is -3.25. The van der Waals surface area contributed by atoms with Crippen LogP contribution < -0.4 is 0 Å². The lowest BCUT2D eigenvalue weighted by atomic mass is 10.0. The zero-order valence-corrected chi connectivity index (χ0v) is 11.5. The Labute approximate surface area is 120 Å². The molecule has 2 nitrogen and oxygen atoms in total. The quantitative estimate of drug-likeness (QED) is 0.813. The first-order valence-electron chi connectivity index (χ1n) is 6.48. The number of nitrogens with zero attached hydrogens (tertiary/aromatic N) is 1. The van der Waals surface area contributed by atoms with Gasteiger partial charge in [0, 0.05) is 11.6 Å². The number of hydrogen-bond acceptors (Lipinski definition) is 1. The number of benzene rings is 1. The average Bonchev–Trinajstić information content (AvgIpc) is 2.40. The molecule has 1 amide bonds. The van der Waals surface area contributed by atoms with E-state index in [2.05, 4.69) is 0 Å². The van der Waals surface area contributed by atoms with Crippen molar-refractivity contribution in [3.63, 3.8) is 0 Å². The molecule has 0 spiro atoms. The first kappa shape index (κ1) is 15.2. The van der Waals surface area contributed by atoms with E-state index in [9.17, 15) is 18.0 Å². The second-order valence-corrected chi connectivity index (χ2v) is 5.38. The molecule has 1 fully saturated rings. The van der Waals surface area contributed by atoms with E-state index >= 15 is 0 Å². The van der Waals surface area contributed by atoms with Crippen LogP contribution in [-0.4, -0.2) is 29.6 Å². The van der Waals surface area contributed by atoms with E-state index in [-0.39, 0.29) is 19.4 Å². The number of halogens is 4. The van der Waals surface area contributed by atoms with Crippen LogP contribution in [0.1, 0.15) is 24.8 Å². The van der Waals surface area contributed by atoms with Crippen molar-refractivity contribution in [3.8, 4) is 0 Å². The van der Waals surface area contributed by atoms with Crippen LogP contribution in [-0.2, 0) is 11.2 Å². The number of carbonyl (C=O) groups is 1. The molecule has 1 aliphatic heterocycles. The Kier molecular flexibility index (Phi) is 4.58. The Balaban J connectivity index is 2.08. The molecule has 0 aromatic heterocycles. The minimum absolute atomic E-state index is 0.00411. The molecule has 1 saturated heterocycles. The molecule has 0 bridgehead atoms. The SMILES string of the molecule is O=C(Cc1ccc(Cl)cc1)N1CCCCC1C(F)(F)F. The highest BCUT2D eigenvalue weighted by atomic mass is 35.5. The molecule has 2 rings (SSSR count). The lowest BCUT2D eigenvalue weighted by molar-refractivity contribution is -0.195. The van der Waals surface area contributed by atoms with Gasteiger partial charge in [-0.25, -0.2) is 0 Å². The average molecular weight is 306 g/mol. The summed E-state index contributed by atoms with van der Waals surface area (Å²) in [6, 6.07) is 4.93. The first-order chi connectivity index (χ1) is 9.38. The Hall–Kier alpha value is -1.23. The maximum atomic E-state index is 12.9. The molecule has 0 aliphatic carbocycles. The third-order valence-electron chi connectivity index (χ3n) is 3.47. The van der Waals surface area contributed by atoms with Gasteiger partial charge in [-0.3, -0.25) is 4.79 Å². The van der Waals surface area contributed by atoms with Crippen molar-refractivity contribution in [2.75, 3.05) is 6.54 Å². The van der Waals surface area contributed by atoms with Gasteiger partial charge < -0.3 is 4.90 Å². The zero-order chi connectivity index (χ0) is 14.8. The Morgan fingerprint density at radius 3 is 2.50 bits per heavy atom. The van der Waals surface area contributed by atoms with Crippen molar-refractivity contribution in [3.05, 3.63) is 34.9 Å². The molecule has 0 saturated carbocycles. The molecule has 1 aromatic carbocycles. The maximum Gasteiger partial charge on any atom is 0.408 e. The van der Waals surface area contributed by atoms with Crippen molar-refractivity contribution in [2.24, 2.45) is 0 Å². The van der Waals surface area contributed by atoms with E-state index in [1.54, 1.807) is 24.3 Å². The molecule has 1 atom stereocenters. The number of piperidine rings is 1. The second-order valence-electron chi connectivity index (χ2n) is 4.94. The normalized spacial score (nSPS) is 20.0. The first-order valence-corrected chi connectivity index (χ1v) is 6.86. The van der Waals surface area contributed by atoms with Gasteiger partial charge in [0.1, 0.15) is 6.04 Å². The molecule has 20 heavy (non-hydrogen) atoms. The zero-order valence-electron chi connectivity index (χ0n) is 10.8. The van der Waals surface area contributed by atoms with Gasteiger partial charge in [-0.15, -0.1) is 0 Å². The summed E-state index contributed by atoms with van der Waals surface area (Å²) in [4.78, 5) is 13.1. The van der Waals surface area contributed by atoms with Gasteiger partial charge >= 0.3 is 6.18 Å². The Bertz CT molecular complexity index is 472. The minimum Gasteiger partial charge on any atom is -0.330 e. The van der Waals surface area contributed by atoms with Crippen LogP contribution in [0.15, 0.2) is 24.3 Å². The summed E-state index contributed by atoms with van der Waals surface area (Å²) in [7, 11) is 0. The maximum absolute atomic E-state index is 12.9. The number of likely N-dealkylation sites (tertiary alicyclic amines) is 1. The fourth-order valence-corrected chi connectivity index (χ4v) is 2.57. The Morgan fingerprint density at radius 1 is 1.25 bits per heavy atom. The molecule has 0 N–H and O–H groups in total. The van der Waals surface area contributed by atoms with Crippen LogP contribution in [0.3, 0.4) is 0 Å². The predicted octanol–water partition coefficient (Wildman–Crippen LogP) is 3.83. The van der Waals surface area contributed by atoms with E-state index in [1.807, 2.05) is 0 Å². The summed E-state index contributed by atoms with van der Waals surface area (Å²) in [5.74, 6) is -0.477. The summed E-state index contributed by atoms with van der Waals surface area (Å²) in [5, 5.41) is 0.535. The van der Waals surface area contributed by atoms with E-state index in [1.165, 1.54) is 0 Å². The molecule has 1 heterocycles. The van der Waals surface area contributed by atoms with Crippen molar-refractivity contribution in [1.29, 1.82) is 0 Å². The highest BCUT2D eigenvalue weighted by Crippen LogP contribution is 2.32. The smallest absolute Gasteiger partial charge is 0.330 e. The fourth-order valence-electron chi connectivity index (χ4n) is 2.45. The molecule has 110 valence electrons. The summed E-state index contributed by atoms with van der Waals surface area (Å²) in [6.45, 7) is 0.177. The molecule has 0 radical (unpaired) electrons. The monoisotopic (exact) mass is 305 g/mol. The van der Waals surface area contributed by atoms with Crippen LogP contribution in [0.25, 0.3) is 0 Å². The lowest BCUT2D eigenvalue weighted by Crippen LogP contribution is -2.51. The van der Waals surface area contributed by atoms with Gasteiger partial charge in [0.15, 0.2) is 0 Å². The standard InChI is InChI=1S/C14H15ClF3NO/c15-11-6-4-10(5-7-11)9-13(20)19-8-2-1-3-12(19)14(16,17)18/h4-7,12H,1-3,8-9H2. The number of rotatable bonds is 2.